The summed E-state index contributed by atoms with van der Waals surface area (Å²) in [6.07, 6.45) is 0. The van der Waals surface area contributed by atoms with Gasteiger partial charge in [0.2, 0.25) is 11.5 Å². The standard InChI is InChI=1S/C16H11Cl2N3O2/c1-23-11-7-5-10(6-8-11)16(22)14(9-19)21-20-13-4-2-3-12(17)15(13)18/h2-8,20H,1H3/b21-14+. The number of nitrogens with one attached hydrogen (secondary N) is 1. The number of rotatable bonds is 5. The number of hydrogen-bond donors (Lipinski definition) is 1. The number of Topliss-reactive ketones (excluding diaryl/α,β-unsaturated/α-hetero) is 1. The Morgan fingerprint density at radius 2 is 1.91 bits per heavy atom. The lowest BCUT2D eigenvalue weighted by molar-refractivity contribution is 0.106. The number of nitriles is 1. The number of ketones is 1. The van der Waals surface area contributed by atoms with Gasteiger partial charge in [-0.3, -0.25) is 10.2 Å². The molecule has 0 heterocycles. The lowest BCUT2D eigenvalue weighted by Gasteiger charge is -2.05. The molecule has 0 aromatic heterocycles. The summed E-state index contributed by atoms with van der Waals surface area (Å²) >= 11 is 11.9. The van der Waals surface area contributed by atoms with Crippen LogP contribution in [0.4, 0.5) is 5.69 Å². The zero-order chi connectivity index (χ0) is 16.8. The van der Waals surface area contributed by atoms with E-state index in [2.05, 4.69) is 10.5 Å². The van der Waals surface area contributed by atoms with Gasteiger partial charge < -0.3 is 4.74 Å². The molecular weight excluding hydrogens is 337 g/mol. The van der Waals surface area contributed by atoms with Gasteiger partial charge in [0, 0.05) is 5.56 Å². The molecule has 1 N–H and O–H groups in total. The maximum absolute atomic E-state index is 12.3. The van der Waals surface area contributed by atoms with Crippen LogP contribution in [0.1, 0.15) is 10.4 Å². The Bertz CT molecular complexity index is 796. The minimum atomic E-state index is -0.513. The van der Waals surface area contributed by atoms with E-state index in [1.54, 1.807) is 48.5 Å². The molecule has 5 nitrogen and oxygen atoms in total. The van der Waals surface area contributed by atoms with Gasteiger partial charge in [0.05, 0.1) is 22.8 Å². The number of benzene rings is 2. The van der Waals surface area contributed by atoms with Crippen molar-refractivity contribution in [3.63, 3.8) is 0 Å². The molecule has 0 aliphatic heterocycles. The summed E-state index contributed by atoms with van der Waals surface area (Å²) in [5.41, 5.74) is 3.00. The highest BCUT2D eigenvalue weighted by molar-refractivity contribution is 6.51. The van der Waals surface area contributed by atoms with Crippen molar-refractivity contribution in [3.05, 3.63) is 58.1 Å². The SMILES string of the molecule is COc1ccc(C(=O)/C(C#N)=N/Nc2cccc(Cl)c2Cl)cc1. The monoisotopic (exact) mass is 347 g/mol. The van der Waals surface area contributed by atoms with Crippen molar-refractivity contribution >= 4 is 40.4 Å². The molecule has 116 valence electrons. The van der Waals surface area contributed by atoms with E-state index in [9.17, 15) is 4.79 Å². The third-order valence-electron chi connectivity index (χ3n) is 2.91. The minimum absolute atomic E-state index is 0.257. The fraction of sp³-hybridized carbons (Fsp3) is 0.0625. The highest BCUT2D eigenvalue weighted by Crippen LogP contribution is 2.29. The summed E-state index contributed by atoms with van der Waals surface area (Å²) in [4.78, 5) is 12.3. The Morgan fingerprint density at radius 3 is 2.52 bits per heavy atom. The van der Waals surface area contributed by atoms with Crippen LogP contribution in [0.3, 0.4) is 0 Å². The van der Waals surface area contributed by atoms with E-state index < -0.39 is 5.78 Å². The molecule has 2 rings (SSSR count). The number of carbonyl (C=O) groups is 1. The first-order chi connectivity index (χ1) is 11.1. The minimum Gasteiger partial charge on any atom is -0.497 e. The fourth-order valence-corrected chi connectivity index (χ4v) is 2.05. The van der Waals surface area contributed by atoms with E-state index in [1.807, 2.05) is 0 Å². The van der Waals surface area contributed by atoms with Gasteiger partial charge in [-0.1, -0.05) is 29.3 Å². The second kappa shape index (κ2) is 7.63. The molecule has 0 spiro atoms. The van der Waals surface area contributed by atoms with Crippen LogP contribution in [0.2, 0.25) is 10.0 Å². The van der Waals surface area contributed by atoms with Gasteiger partial charge in [-0.05, 0) is 36.4 Å². The van der Waals surface area contributed by atoms with Gasteiger partial charge in [0.1, 0.15) is 11.8 Å². The summed E-state index contributed by atoms with van der Waals surface area (Å²) in [5, 5.41) is 13.5. The summed E-state index contributed by atoms with van der Waals surface area (Å²) in [7, 11) is 1.53. The summed E-state index contributed by atoms with van der Waals surface area (Å²) in [5.74, 6) is 0.0987. The van der Waals surface area contributed by atoms with E-state index in [0.29, 0.717) is 22.0 Å². The highest BCUT2D eigenvalue weighted by atomic mass is 35.5. The maximum Gasteiger partial charge on any atom is 0.223 e. The van der Waals surface area contributed by atoms with Crippen molar-refractivity contribution in [2.75, 3.05) is 12.5 Å². The molecule has 0 unspecified atom stereocenters. The number of nitrogens with zero attached hydrogens (tertiary/aromatic N) is 2. The van der Waals surface area contributed by atoms with Crippen LogP contribution >= 0.6 is 23.2 Å². The van der Waals surface area contributed by atoms with Crippen molar-refractivity contribution in [1.29, 1.82) is 5.26 Å². The van der Waals surface area contributed by atoms with Crippen LogP contribution in [0.5, 0.6) is 5.75 Å². The number of anilines is 1. The second-order valence-corrected chi connectivity index (χ2v) is 5.13. The molecule has 0 bridgehead atoms. The van der Waals surface area contributed by atoms with Crippen molar-refractivity contribution in [3.8, 4) is 11.8 Å². The number of methoxy groups -OCH3 is 1. The fourth-order valence-electron chi connectivity index (χ4n) is 1.71. The van der Waals surface area contributed by atoms with Gasteiger partial charge in [-0.2, -0.15) is 10.4 Å². The first-order valence-electron chi connectivity index (χ1n) is 6.43. The summed E-state index contributed by atoms with van der Waals surface area (Å²) < 4.78 is 5.02. The molecule has 0 amide bonds. The molecule has 23 heavy (non-hydrogen) atoms. The van der Waals surface area contributed by atoms with E-state index in [4.69, 9.17) is 33.2 Å². The van der Waals surface area contributed by atoms with Crippen LogP contribution in [0.15, 0.2) is 47.6 Å². The number of ether oxygens (including phenoxy) is 1. The molecule has 2 aromatic carbocycles. The van der Waals surface area contributed by atoms with Crippen LogP contribution in [-0.2, 0) is 0 Å². The Morgan fingerprint density at radius 1 is 1.22 bits per heavy atom. The van der Waals surface area contributed by atoms with Gasteiger partial charge in [0.15, 0.2) is 0 Å². The number of hydrazone groups is 1. The highest BCUT2D eigenvalue weighted by Gasteiger charge is 2.14. The quantitative estimate of drug-likeness (QED) is 0.500. The molecule has 0 aliphatic carbocycles. The zero-order valence-electron chi connectivity index (χ0n) is 12.0. The zero-order valence-corrected chi connectivity index (χ0v) is 13.5. The van der Waals surface area contributed by atoms with Gasteiger partial charge in [-0.15, -0.1) is 0 Å². The van der Waals surface area contributed by atoms with Crippen molar-refractivity contribution in [2.24, 2.45) is 5.10 Å². The van der Waals surface area contributed by atoms with Gasteiger partial charge >= 0.3 is 0 Å². The van der Waals surface area contributed by atoms with E-state index in [-0.39, 0.29) is 10.7 Å². The van der Waals surface area contributed by atoms with E-state index >= 15 is 0 Å². The molecule has 0 atom stereocenters. The molecule has 0 radical (unpaired) electrons. The molecule has 2 aromatic rings. The van der Waals surface area contributed by atoms with Gasteiger partial charge in [-0.25, -0.2) is 0 Å². The normalized spacial score (nSPS) is 10.8. The van der Waals surface area contributed by atoms with Crippen LogP contribution < -0.4 is 10.2 Å². The molecule has 0 fully saturated rings. The summed E-state index contributed by atoms with van der Waals surface area (Å²) in [6.45, 7) is 0. The Balaban J connectivity index is 2.22. The predicted molar refractivity (Wildman–Crippen MR) is 90.5 cm³/mol. The van der Waals surface area contributed by atoms with Crippen molar-refractivity contribution in [1.82, 2.24) is 0 Å². The largest absolute Gasteiger partial charge is 0.497 e. The lowest BCUT2D eigenvalue weighted by Crippen LogP contribution is -2.14. The lowest BCUT2D eigenvalue weighted by atomic mass is 10.1. The number of carbonyl (C=O) groups excluding carboxylic acids is 1. The first kappa shape index (κ1) is 16.8. The molecule has 0 aliphatic rings. The topological polar surface area (TPSA) is 74.5 Å². The molecule has 0 saturated carbocycles. The van der Waals surface area contributed by atoms with Gasteiger partial charge in [0.25, 0.3) is 0 Å². The third kappa shape index (κ3) is 4.01. The number of halogens is 2. The van der Waals surface area contributed by atoms with E-state index in [0.717, 1.165) is 0 Å². The van der Waals surface area contributed by atoms with Crippen molar-refractivity contribution in [2.45, 2.75) is 0 Å². The summed E-state index contributed by atoms with van der Waals surface area (Å²) in [6, 6.07) is 13.0. The Hall–Kier alpha value is -2.55. The van der Waals surface area contributed by atoms with E-state index in [1.165, 1.54) is 7.11 Å². The molecule has 0 saturated heterocycles. The Labute approximate surface area is 143 Å². The van der Waals surface area contributed by atoms with Crippen LogP contribution in [0, 0.1) is 11.3 Å². The first-order valence-corrected chi connectivity index (χ1v) is 7.19. The average Bonchev–Trinajstić information content (AvgIpc) is 2.58. The Kier molecular flexibility index (Phi) is 5.58. The van der Waals surface area contributed by atoms with Crippen LogP contribution in [-0.4, -0.2) is 18.6 Å². The molecular formula is C16H11Cl2N3O2. The smallest absolute Gasteiger partial charge is 0.223 e. The molecule has 7 heteroatoms. The second-order valence-electron chi connectivity index (χ2n) is 4.34. The maximum atomic E-state index is 12.3. The number of hydrogen-bond acceptors (Lipinski definition) is 5. The third-order valence-corrected chi connectivity index (χ3v) is 3.73. The predicted octanol–water partition coefficient (Wildman–Crippen LogP) is 4.18. The van der Waals surface area contributed by atoms with Crippen molar-refractivity contribution < 1.29 is 9.53 Å². The van der Waals surface area contributed by atoms with Crippen LogP contribution in [0.25, 0.3) is 0 Å². The average molecular weight is 348 g/mol.